The lowest BCUT2D eigenvalue weighted by Crippen LogP contribution is -2.33. The van der Waals surface area contributed by atoms with Crippen LogP contribution in [0.25, 0.3) is 0 Å². The minimum Gasteiger partial charge on any atom is -0.326 e. The topological polar surface area (TPSA) is 75.3 Å². The summed E-state index contributed by atoms with van der Waals surface area (Å²) >= 11 is 0. The van der Waals surface area contributed by atoms with E-state index in [0.717, 1.165) is 0 Å². The Hall–Kier alpha value is -1.39. The van der Waals surface area contributed by atoms with Gasteiger partial charge in [-0.15, -0.1) is 0 Å². The highest BCUT2D eigenvalue weighted by Gasteiger charge is 2.32. The quantitative estimate of drug-likeness (QED) is 0.726. The van der Waals surface area contributed by atoms with Crippen molar-refractivity contribution < 1.29 is 14.4 Å². The summed E-state index contributed by atoms with van der Waals surface area (Å²) in [5.74, 6) is -0.430. The van der Waals surface area contributed by atoms with Crippen LogP contribution in [0.15, 0.2) is 0 Å². The summed E-state index contributed by atoms with van der Waals surface area (Å²) in [5, 5.41) is 4.66. The van der Waals surface area contributed by atoms with Gasteiger partial charge in [0.25, 0.3) is 5.91 Å². The fourth-order valence-electron chi connectivity index (χ4n) is 1.81. The third-order valence-electron chi connectivity index (χ3n) is 2.70. The van der Waals surface area contributed by atoms with Gasteiger partial charge in [-0.3, -0.25) is 14.9 Å². The summed E-state index contributed by atoms with van der Waals surface area (Å²) in [7, 11) is 0. The minimum atomic E-state index is -0.568. The number of nitrogens with one attached hydrogen (secondary N) is 2. The van der Waals surface area contributed by atoms with Crippen molar-refractivity contribution in [2.75, 3.05) is 0 Å². The molecule has 1 fully saturated rings. The van der Waals surface area contributed by atoms with Crippen molar-refractivity contribution in [3.05, 3.63) is 0 Å². The summed E-state index contributed by atoms with van der Waals surface area (Å²) in [5.41, 5.74) is -0.0491. The maximum Gasteiger partial charge on any atom is 0.322 e. The Morgan fingerprint density at radius 3 is 2.35 bits per heavy atom. The van der Waals surface area contributed by atoms with Gasteiger partial charge in [-0.05, 0) is 11.8 Å². The summed E-state index contributed by atoms with van der Waals surface area (Å²) < 4.78 is 0. The van der Waals surface area contributed by atoms with E-state index >= 15 is 0 Å². The zero-order chi connectivity index (χ0) is 13.2. The number of rotatable bonds is 4. The van der Waals surface area contributed by atoms with Crippen LogP contribution in [-0.4, -0.2) is 23.8 Å². The highest BCUT2D eigenvalue weighted by Crippen LogP contribution is 2.23. The van der Waals surface area contributed by atoms with Crippen LogP contribution in [0.3, 0.4) is 0 Å². The van der Waals surface area contributed by atoms with Crippen molar-refractivity contribution in [2.24, 2.45) is 11.3 Å². The molecule has 2 atom stereocenters. The highest BCUT2D eigenvalue weighted by atomic mass is 16.2. The Balaban J connectivity index is 2.49. The van der Waals surface area contributed by atoms with Crippen molar-refractivity contribution >= 4 is 17.7 Å². The largest absolute Gasteiger partial charge is 0.326 e. The third-order valence-corrected chi connectivity index (χ3v) is 2.70. The third kappa shape index (κ3) is 4.17. The first-order valence-corrected chi connectivity index (χ1v) is 5.83. The zero-order valence-electron chi connectivity index (χ0n) is 10.8. The summed E-state index contributed by atoms with van der Waals surface area (Å²) in [6.45, 7) is 7.80. The number of urea groups is 1. The molecule has 1 aliphatic rings. The second-order valence-electron chi connectivity index (χ2n) is 5.86. The average molecular weight is 240 g/mol. The molecular weight excluding hydrogens is 220 g/mol. The standard InChI is InChI=1S/C12H20N2O3/c1-7(9(15)6-12(2,3)4)5-8-10(16)14-11(17)13-8/h7-8H,5-6H2,1-4H3,(H2,13,14,16,17). The van der Waals surface area contributed by atoms with Gasteiger partial charge in [0, 0.05) is 12.3 Å². The molecule has 1 aliphatic heterocycles. The van der Waals surface area contributed by atoms with Crippen LogP contribution in [0.1, 0.15) is 40.5 Å². The van der Waals surface area contributed by atoms with Crippen LogP contribution in [0, 0.1) is 11.3 Å². The van der Waals surface area contributed by atoms with Gasteiger partial charge < -0.3 is 5.32 Å². The number of amides is 3. The molecule has 1 rings (SSSR count). The van der Waals surface area contributed by atoms with E-state index in [9.17, 15) is 14.4 Å². The molecule has 96 valence electrons. The maximum absolute atomic E-state index is 11.9. The molecule has 0 aliphatic carbocycles. The van der Waals surface area contributed by atoms with E-state index < -0.39 is 12.1 Å². The second-order valence-corrected chi connectivity index (χ2v) is 5.86. The van der Waals surface area contributed by atoms with Gasteiger partial charge in [0.05, 0.1) is 0 Å². The molecule has 0 saturated carbocycles. The van der Waals surface area contributed by atoms with Gasteiger partial charge >= 0.3 is 6.03 Å². The first-order chi connectivity index (χ1) is 7.69. The fourth-order valence-corrected chi connectivity index (χ4v) is 1.81. The van der Waals surface area contributed by atoms with Crippen molar-refractivity contribution in [2.45, 2.75) is 46.6 Å². The monoisotopic (exact) mass is 240 g/mol. The molecule has 0 bridgehead atoms. The molecule has 17 heavy (non-hydrogen) atoms. The first kappa shape index (κ1) is 13.7. The molecule has 0 aromatic heterocycles. The van der Waals surface area contributed by atoms with Gasteiger partial charge in [-0.2, -0.15) is 0 Å². The lowest BCUT2D eigenvalue weighted by atomic mass is 9.84. The number of carbonyl (C=O) groups is 3. The molecule has 0 aromatic carbocycles. The van der Waals surface area contributed by atoms with Gasteiger partial charge in [-0.1, -0.05) is 27.7 Å². The molecule has 2 N–H and O–H groups in total. The predicted molar refractivity (Wildman–Crippen MR) is 63.3 cm³/mol. The summed E-state index contributed by atoms with van der Waals surface area (Å²) in [6, 6.07) is -1.04. The maximum atomic E-state index is 11.9. The molecule has 5 nitrogen and oxygen atoms in total. The molecule has 0 spiro atoms. The van der Waals surface area contributed by atoms with E-state index in [0.29, 0.717) is 12.8 Å². The Bertz CT molecular complexity index is 344. The Labute approximate surface area is 101 Å². The van der Waals surface area contributed by atoms with E-state index in [-0.39, 0.29) is 23.0 Å². The minimum absolute atomic E-state index is 0.0491. The summed E-state index contributed by atoms with van der Waals surface area (Å²) in [4.78, 5) is 34.1. The van der Waals surface area contributed by atoms with Crippen LogP contribution in [-0.2, 0) is 9.59 Å². The normalized spacial score (nSPS) is 22.0. The van der Waals surface area contributed by atoms with E-state index in [2.05, 4.69) is 10.6 Å². The lowest BCUT2D eigenvalue weighted by Gasteiger charge is -2.20. The smallest absolute Gasteiger partial charge is 0.322 e. The van der Waals surface area contributed by atoms with Crippen LogP contribution in [0.5, 0.6) is 0 Å². The second kappa shape index (κ2) is 4.85. The van der Waals surface area contributed by atoms with Crippen molar-refractivity contribution in [1.82, 2.24) is 10.6 Å². The van der Waals surface area contributed by atoms with Gasteiger partial charge in [0.15, 0.2) is 0 Å². The Morgan fingerprint density at radius 2 is 1.94 bits per heavy atom. The number of hydrogen-bond donors (Lipinski definition) is 2. The Kier molecular flexibility index (Phi) is 3.91. The number of hydrogen-bond acceptors (Lipinski definition) is 3. The molecule has 5 heteroatoms. The molecular formula is C12H20N2O3. The number of Topliss-reactive ketones (excluding diaryl/α,β-unsaturated/α-hetero) is 1. The van der Waals surface area contributed by atoms with E-state index in [4.69, 9.17) is 0 Å². The molecule has 2 unspecified atom stereocenters. The molecule has 1 heterocycles. The van der Waals surface area contributed by atoms with Crippen LogP contribution in [0.2, 0.25) is 0 Å². The number of imide groups is 1. The predicted octanol–water partition coefficient (Wildman–Crippen LogP) is 1.23. The van der Waals surface area contributed by atoms with Crippen LogP contribution >= 0.6 is 0 Å². The van der Waals surface area contributed by atoms with E-state index in [1.165, 1.54) is 0 Å². The van der Waals surface area contributed by atoms with Gasteiger partial charge in [-0.25, -0.2) is 4.79 Å². The Morgan fingerprint density at radius 1 is 1.35 bits per heavy atom. The fraction of sp³-hybridized carbons (Fsp3) is 0.750. The SMILES string of the molecule is CC(CC1NC(=O)NC1=O)C(=O)CC(C)(C)C. The summed E-state index contributed by atoms with van der Waals surface area (Å²) in [6.07, 6.45) is 0.850. The molecule has 0 radical (unpaired) electrons. The van der Waals surface area contributed by atoms with Crippen molar-refractivity contribution in [3.8, 4) is 0 Å². The average Bonchev–Trinajstić information content (AvgIpc) is 2.42. The number of ketones is 1. The van der Waals surface area contributed by atoms with Gasteiger partial charge in [0.2, 0.25) is 0 Å². The van der Waals surface area contributed by atoms with Crippen LogP contribution < -0.4 is 10.6 Å². The van der Waals surface area contributed by atoms with Crippen molar-refractivity contribution in [3.63, 3.8) is 0 Å². The lowest BCUT2D eigenvalue weighted by molar-refractivity contribution is -0.125. The van der Waals surface area contributed by atoms with Gasteiger partial charge in [0.1, 0.15) is 11.8 Å². The van der Waals surface area contributed by atoms with E-state index in [1.54, 1.807) is 6.92 Å². The molecule has 1 saturated heterocycles. The van der Waals surface area contributed by atoms with Crippen LogP contribution in [0.4, 0.5) is 4.79 Å². The van der Waals surface area contributed by atoms with Crippen molar-refractivity contribution in [1.29, 1.82) is 0 Å². The number of carbonyl (C=O) groups excluding carboxylic acids is 3. The zero-order valence-corrected chi connectivity index (χ0v) is 10.8. The first-order valence-electron chi connectivity index (χ1n) is 5.83. The highest BCUT2D eigenvalue weighted by molar-refractivity contribution is 6.04. The molecule has 0 aromatic rings. The van der Waals surface area contributed by atoms with E-state index in [1.807, 2.05) is 20.8 Å². The molecule has 3 amide bonds.